The van der Waals surface area contributed by atoms with E-state index >= 15 is 0 Å². The Kier molecular flexibility index (Phi) is 5.52. The molecule has 0 saturated carbocycles. The second-order valence-corrected chi connectivity index (χ2v) is 7.10. The van der Waals surface area contributed by atoms with Crippen LogP contribution in [0, 0.1) is 6.92 Å². The Morgan fingerprint density at radius 1 is 0.913 bits per heavy atom. The molecule has 0 aliphatic rings. The van der Waals surface area contributed by atoms with Gasteiger partial charge in [0, 0.05) is 5.69 Å². The second-order valence-electron chi connectivity index (χ2n) is 4.82. The number of benzene rings is 2. The Bertz CT molecular complexity index is 725. The summed E-state index contributed by atoms with van der Waals surface area (Å²) in [5, 5.41) is 5.18. The van der Waals surface area contributed by atoms with Crippen LogP contribution < -0.4 is 10.6 Å². The van der Waals surface area contributed by atoms with Gasteiger partial charge in [-0.05, 0) is 31.2 Å². The molecule has 0 aliphatic carbocycles. The molecule has 0 atom stereocenters. The summed E-state index contributed by atoms with van der Waals surface area (Å²) in [7, 11) is 0. The van der Waals surface area contributed by atoms with E-state index in [2.05, 4.69) is 10.6 Å². The molecular weight excluding hydrogens is 359 g/mol. The molecule has 0 heterocycles. The van der Waals surface area contributed by atoms with Crippen molar-refractivity contribution < 1.29 is 9.59 Å². The Labute approximate surface area is 148 Å². The van der Waals surface area contributed by atoms with Crippen molar-refractivity contribution in [2.75, 3.05) is 10.6 Å². The minimum atomic E-state index is -2.11. The standard InChI is InChI=1S/C16H13Cl3N2O2/c1-10-6-8-11(9-7-10)20-14(22)12-4-2-3-5-13(12)21-15(23)16(17,18)19/h2-9H,1H3,(H,20,22)(H,21,23). The number of rotatable bonds is 3. The number of hydrogen-bond acceptors (Lipinski definition) is 2. The predicted octanol–water partition coefficient (Wildman–Crippen LogP) is 4.56. The van der Waals surface area contributed by atoms with Crippen LogP contribution in [0.4, 0.5) is 11.4 Å². The van der Waals surface area contributed by atoms with Crippen molar-refractivity contribution in [1.82, 2.24) is 0 Å². The average Bonchev–Trinajstić information content (AvgIpc) is 2.49. The normalized spacial score (nSPS) is 11.0. The fourth-order valence-corrected chi connectivity index (χ4v) is 1.96. The van der Waals surface area contributed by atoms with Gasteiger partial charge >= 0.3 is 0 Å². The molecule has 2 N–H and O–H groups in total. The fourth-order valence-electron chi connectivity index (χ4n) is 1.82. The highest BCUT2D eigenvalue weighted by Crippen LogP contribution is 2.28. The van der Waals surface area contributed by atoms with Gasteiger partial charge in [-0.2, -0.15) is 0 Å². The second kappa shape index (κ2) is 7.21. The number of para-hydroxylation sites is 1. The molecule has 2 amide bonds. The number of hydrogen-bond donors (Lipinski definition) is 2. The number of carbonyl (C=O) groups is 2. The van der Waals surface area contributed by atoms with Gasteiger partial charge in [0.15, 0.2) is 0 Å². The van der Waals surface area contributed by atoms with E-state index in [0.29, 0.717) is 5.69 Å². The van der Waals surface area contributed by atoms with E-state index in [1.54, 1.807) is 36.4 Å². The number of amides is 2. The van der Waals surface area contributed by atoms with Gasteiger partial charge in [-0.25, -0.2) is 0 Å². The summed E-state index contributed by atoms with van der Waals surface area (Å²) < 4.78 is -2.11. The van der Waals surface area contributed by atoms with Crippen LogP contribution in [0.2, 0.25) is 0 Å². The lowest BCUT2D eigenvalue weighted by Gasteiger charge is -2.14. The van der Waals surface area contributed by atoms with Crippen molar-refractivity contribution in [1.29, 1.82) is 0 Å². The molecular formula is C16H13Cl3N2O2. The molecule has 0 fully saturated rings. The zero-order valence-electron chi connectivity index (χ0n) is 12.1. The smallest absolute Gasteiger partial charge is 0.276 e. The van der Waals surface area contributed by atoms with E-state index < -0.39 is 9.70 Å². The van der Waals surface area contributed by atoms with Gasteiger partial charge in [-0.15, -0.1) is 0 Å². The Balaban J connectivity index is 2.20. The quantitative estimate of drug-likeness (QED) is 0.777. The maximum atomic E-state index is 12.4. The van der Waals surface area contributed by atoms with Crippen molar-refractivity contribution in [2.45, 2.75) is 10.7 Å². The van der Waals surface area contributed by atoms with Gasteiger partial charge in [0.25, 0.3) is 15.6 Å². The van der Waals surface area contributed by atoms with E-state index in [9.17, 15) is 9.59 Å². The maximum Gasteiger partial charge on any atom is 0.276 e. The largest absolute Gasteiger partial charge is 0.322 e. The highest BCUT2D eigenvalue weighted by Gasteiger charge is 2.31. The van der Waals surface area contributed by atoms with Crippen LogP contribution in [0.15, 0.2) is 48.5 Å². The lowest BCUT2D eigenvalue weighted by atomic mass is 10.1. The summed E-state index contributed by atoms with van der Waals surface area (Å²) in [6, 6.07) is 13.8. The van der Waals surface area contributed by atoms with Crippen molar-refractivity contribution in [3.05, 3.63) is 59.7 Å². The molecule has 0 aliphatic heterocycles. The van der Waals surface area contributed by atoms with Crippen LogP contribution in [-0.4, -0.2) is 15.6 Å². The molecule has 2 rings (SSSR count). The van der Waals surface area contributed by atoms with Crippen molar-refractivity contribution in [3.63, 3.8) is 0 Å². The lowest BCUT2D eigenvalue weighted by molar-refractivity contribution is -0.115. The molecule has 120 valence electrons. The summed E-state index contributed by atoms with van der Waals surface area (Å²) in [5.41, 5.74) is 2.24. The Hall–Kier alpha value is -1.75. The van der Waals surface area contributed by atoms with Gasteiger partial charge < -0.3 is 10.6 Å². The molecule has 0 aromatic heterocycles. The number of aryl methyl sites for hydroxylation is 1. The van der Waals surface area contributed by atoms with E-state index in [1.165, 1.54) is 0 Å². The Morgan fingerprint density at radius 3 is 2.13 bits per heavy atom. The topological polar surface area (TPSA) is 58.2 Å². The molecule has 2 aromatic rings. The highest BCUT2D eigenvalue weighted by molar-refractivity contribution is 6.76. The minimum Gasteiger partial charge on any atom is -0.322 e. The van der Waals surface area contributed by atoms with Crippen molar-refractivity contribution in [2.24, 2.45) is 0 Å². The van der Waals surface area contributed by atoms with Crippen molar-refractivity contribution >= 4 is 58.0 Å². The molecule has 4 nitrogen and oxygen atoms in total. The number of halogens is 3. The highest BCUT2D eigenvalue weighted by atomic mass is 35.6. The Morgan fingerprint density at radius 2 is 1.52 bits per heavy atom. The molecule has 0 spiro atoms. The maximum absolute atomic E-state index is 12.4. The van der Waals surface area contributed by atoms with Crippen LogP contribution in [0.3, 0.4) is 0 Å². The number of alkyl halides is 3. The number of carbonyl (C=O) groups excluding carboxylic acids is 2. The van der Waals surface area contributed by atoms with E-state index in [1.807, 2.05) is 19.1 Å². The van der Waals surface area contributed by atoms with Gasteiger partial charge in [-0.3, -0.25) is 9.59 Å². The third-order valence-corrected chi connectivity index (χ3v) is 3.50. The lowest BCUT2D eigenvalue weighted by Crippen LogP contribution is -2.28. The first-order valence-corrected chi connectivity index (χ1v) is 7.76. The third kappa shape index (κ3) is 4.86. The molecule has 0 saturated heterocycles. The van der Waals surface area contributed by atoms with Gasteiger partial charge in [0.1, 0.15) is 0 Å². The fraction of sp³-hybridized carbons (Fsp3) is 0.125. The molecule has 2 aromatic carbocycles. The third-order valence-electron chi connectivity index (χ3n) is 2.99. The average molecular weight is 372 g/mol. The van der Waals surface area contributed by atoms with Crippen LogP contribution >= 0.6 is 34.8 Å². The summed E-state index contributed by atoms with van der Waals surface area (Å²) in [5.74, 6) is -1.22. The zero-order chi connectivity index (χ0) is 17.0. The van der Waals surface area contributed by atoms with E-state index in [0.717, 1.165) is 5.56 Å². The van der Waals surface area contributed by atoms with E-state index in [-0.39, 0.29) is 17.2 Å². The summed E-state index contributed by atoms with van der Waals surface area (Å²) >= 11 is 16.6. The molecule has 23 heavy (non-hydrogen) atoms. The zero-order valence-corrected chi connectivity index (χ0v) is 14.3. The molecule has 0 unspecified atom stereocenters. The van der Waals surface area contributed by atoms with Crippen LogP contribution in [0.5, 0.6) is 0 Å². The first-order chi connectivity index (χ1) is 10.8. The first kappa shape index (κ1) is 17.6. The van der Waals surface area contributed by atoms with Crippen LogP contribution in [-0.2, 0) is 4.79 Å². The van der Waals surface area contributed by atoms with Gasteiger partial charge in [0.2, 0.25) is 0 Å². The van der Waals surface area contributed by atoms with Gasteiger partial charge in [-0.1, -0.05) is 64.6 Å². The predicted molar refractivity (Wildman–Crippen MR) is 94.5 cm³/mol. The minimum absolute atomic E-state index is 0.258. The summed E-state index contributed by atoms with van der Waals surface area (Å²) in [6.07, 6.45) is 0. The van der Waals surface area contributed by atoms with Crippen molar-refractivity contribution in [3.8, 4) is 0 Å². The first-order valence-electron chi connectivity index (χ1n) is 6.62. The van der Waals surface area contributed by atoms with Crippen LogP contribution in [0.25, 0.3) is 0 Å². The SMILES string of the molecule is Cc1ccc(NC(=O)c2ccccc2NC(=O)C(Cl)(Cl)Cl)cc1. The molecule has 7 heteroatoms. The molecule has 0 radical (unpaired) electrons. The van der Waals surface area contributed by atoms with E-state index in [4.69, 9.17) is 34.8 Å². The summed E-state index contributed by atoms with van der Waals surface area (Å²) in [6.45, 7) is 1.95. The summed E-state index contributed by atoms with van der Waals surface area (Å²) in [4.78, 5) is 24.2. The van der Waals surface area contributed by atoms with Gasteiger partial charge in [0.05, 0.1) is 11.3 Å². The monoisotopic (exact) mass is 370 g/mol. The molecule has 0 bridgehead atoms. The number of nitrogens with one attached hydrogen (secondary N) is 2. The number of anilines is 2. The van der Waals surface area contributed by atoms with Crippen LogP contribution in [0.1, 0.15) is 15.9 Å².